The van der Waals surface area contributed by atoms with Crippen LogP contribution < -0.4 is 5.32 Å². The molecule has 0 bridgehead atoms. The van der Waals surface area contributed by atoms with Gasteiger partial charge in [-0.1, -0.05) is 11.3 Å². The molecule has 1 heterocycles. The van der Waals surface area contributed by atoms with Gasteiger partial charge in [-0.25, -0.2) is 8.42 Å². The van der Waals surface area contributed by atoms with Crippen LogP contribution >= 0.6 is 11.3 Å². The standard InChI is InChI=1S/C9H17N3O3S2/c1-9(2,3)10-7-11-12-8(16-7)17(13,14)6-5-15-4/h5-6H2,1-4H3,(H,10,11). The van der Waals surface area contributed by atoms with Gasteiger partial charge in [0.1, 0.15) is 0 Å². The average Bonchev–Trinajstić information content (AvgIpc) is 2.61. The molecule has 0 spiro atoms. The van der Waals surface area contributed by atoms with Gasteiger partial charge in [0.2, 0.25) is 19.3 Å². The van der Waals surface area contributed by atoms with Gasteiger partial charge < -0.3 is 10.1 Å². The number of hydrogen-bond donors (Lipinski definition) is 1. The third-order valence-electron chi connectivity index (χ3n) is 1.71. The topological polar surface area (TPSA) is 81.2 Å². The Balaban J connectivity index is 2.81. The maximum Gasteiger partial charge on any atom is 0.234 e. The van der Waals surface area contributed by atoms with Crippen LogP contribution in [0.5, 0.6) is 0 Å². The normalized spacial score (nSPS) is 12.7. The largest absolute Gasteiger partial charge is 0.384 e. The average molecular weight is 279 g/mol. The highest BCUT2D eigenvalue weighted by Gasteiger charge is 2.21. The molecule has 0 aliphatic heterocycles. The second kappa shape index (κ2) is 5.28. The van der Waals surface area contributed by atoms with Crippen molar-refractivity contribution in [2.24, 2.45) is 0 Å². The van der Waals surface area contributed by atoms with Gasteiger partial charge in [-0.2, -0.15) is 0 Å². The van der Waals surface area contributed by atoms with E-state index in [1.165, 1.54) is 7.11 Å². The minimum absolute atomic E-state index is 0.0290. The zero-order chi connectivity index (χ0) is 13.1. The van der Waals surface area contributed by atoms with Gasteiger partial charge in [0, 0.05) is 12.6 Å². The molecule has 1 rings (SSSR count). The summed E-state index contributed by atoms with van der Waals surface area (Å²) < 4.78 is 28.3. The highest BCUT2D eigenvalue weighted by Crippen LogP contribution is 2.23. The zero-order valence-electron chi connectivity index (χ0n) is 10.3. The third-order valence-corrected chi connectivity index (χ3v) is 4.67. The first kappa shape index (κ1) is 14.3. The lowest BCUT2D eigenvalue weighted by Crippen LogP contribution is -2.25. The van der Waals surface area contributed by atoms with Crippen molar-refractivity contribution in [3.05, 3.63) is 0 Å². The molecule has 0 atom stereocenters. The van der Waals surface area contributed by atoms with E-state index in [-0.39, 0.29) is 22.2 Å². The van der Waals surface area contributed by atoms with Crippen molar-refractivity contribution >= 4 is 26.3 Å². The van der Waals surface area contributed by atoms with E-state index in [2.05, 4.69) is 15.5 Å². The van der Waals surface area contributed by atoms with Gasteiger partial charge >= 0.3 is 0 Å². The van der Waals surface area contributed by atoms with Gasteiger partial charge in [0.05, 0.1) is 12.4 Å². The quantitative estimate of drug-likeness (QED) is 0.871. The molecule has 0 aliphatic carbocycles. The highest BCUT2D eigenvalue weighted by molar-refractivity contribution is 7.93. The molecule has 98 valence electrons. The number of sulfone groups is 1. The fraction of sp³-hybridized carbons (Fsp3) is 0.778. The molecule has 8 heteroatoms. The summed E-state index contributed by atoms with van der Waals surface area (Å²) in [5.41, 5.74) is -0.174. The Bertz CT molecular complexity index is 462. The molecule has 0 fully saturated rings. The minimum atomic E-state index is -3.38. The van der Waals surface area contributed by atoms with E-state index >= 15 is 0 Å². The highest BCUT2D eigenvalue weighted by atomic mass is 32.2. The number of hydrogen-bond acceptors (Lipinski definition) is 7. The number of rotatable bonds is 5. The summed E-state index contributed by atoms with van der Waals surface area (Å²) in [4.78, 5) is 0. The van der Waals surface area contributed by atoms with Crippen LogP contribution in [0.2, 0.25) is 0 Å². The van der Waals surface area contributed by atoms with E-state index in [0.29, 0.717) is 5.13 Å². The SMILES string of the molecule is COCCS(=O)(=O)c1nnc(NC(C)(C)C)s1. The van der Waals surface area contributed by atoms with E-state index < -0.39 is 9.84 Å². The number of nitrogens with zero attached hydrogens (tertiary/aromatic N) is 2. The van der Waals surface area contributed by atoms with Gasteiger partial charge in [-0.15, -0.1) is 10.2 Å². The molecule has 0 aromatic carbocycles. The van der Waals surface area contributed by atoms with E-state index in [0.717, 1.165) is 11.3 Å². The molecule has 17 heavy (non-hydrogen) atoms. The number of ether oxygens (including phenoxy) is 1. The second-order valence-corrected chi connectivity index (χ2v) is 7.82. The van der Waals surface area contributed by atoms with E-state index in [9.17, 15) is 8.42 Å². The number of nitrogens with one attached hydrogen (secondary N) is 1. The van der Waals surface area contributed by atoms with Crippen LogP contribution in [-0.4, -0.2) is 43.6 Å². The summed E-state index contributed by atoms with van der Waals surface area (Å²) in [6.07, 6.45) is 0. The van der Waals surface area contributed by atoms with Crippen molar-refractivity contribution in [3.63, 3.8) is 0 Å². The Morgan fingerprint density at radius 3 is 2.53 bits per heavy atom. The predicted octanol–water partition coefficient (Wildman–Crippen LogP) is 1.17. The fourth-order valence-electron chi connectivity index (χ4n) is 0.987. The van der Waals surface area contributed by atoms with Gasteiger partial charge in [-0.3, -0.25) is 0 Å². The van der Waals surface area contributed by atoms with Crippen molar-refractivity contribution in [2.45, 2.75) is 30.6 Å². The van der Waals surface area contributed by atoms with E-state index in [1.54, 1.807) is 0 Å². The fourth-order valence-corrected chi connectivity index (χ4v) is 3.39. The monoisotopic (exact) mass is 279 g/mol. The summed E-state index contributed by atoms with van der Waals surface area (Å²) >= 11 is 1.04. The number of anilines is 1. The summed E-state index contributed by atoms with van der Waals surface area (Å²) in [6.45, 7) is 6.05. The Hall–Kier alpha value is -0.730. The minimum Gasteiger partial charge on any atom is -0.384 e. The Morgan fingerprint density at radius 1 is 1.35 bits per heavy atom. The molecule has 1 N–H and O–H groups in total. The van der Waals surface area contributed by atoms with Crippen LogP contribution in [0.3, 0.4) is 0 Å². The molecule has 0 radical (unpaired) electrons. The van der Waals surface area contributed by atoms with Gasteiger partial charge in [0.15, 0.2) is 0 Å². The molecular weight excluding hydrogens is 262 g/mol. The van der Waals surface area contributed by atoms with Crippen molar-refractivity contribution in [3.8, 4) is 0 Å². The molecule has 0 amide bonds. The van der Waals surface area contributed by atoms with Crippen LogP contribution in [0.4, 0.5) is 5.13 Å². The summed E-state index contributed by atoms with van der Waals surface area (Å²) in [5, 5.41) is 11.1. The molecule has 0 aliphatic rings. The molecule has 0 saturated heterocycles. The first-order chi connectivity index (χ1) is 7.74. The smallest absolute Gasteiger partial charge is 0.234 e. The molecule has 0 unspecified atom stereocenters. The van der Waals surface area contributed by atoms with Gasteiger partial charge in [0.25, 0.3) is 0 Å². The van der Waals surface area contributed by atoms with Crippen molar-refractivity contribution in [2.75, 3.05) is 24.8 Å². The Labute approximate surface area is 105 Å². The van der Waals surface area contributed by atoms with Crippen LogP contribution in [0.1, 0.15) is 20.8 Å². The zero-order valence-corrected chi connectivity index (χ0v) is 12.0. The molecule has 1 aromatic heterocycles. The first-order valence-corrected chi connectivity index (χ1v) is 7.55. The van der Waals surface area contributed by atoms with Crippen LogP contribution in [0.25, 0.3) is 0 Å². The van der Waals surface area contributed by atoms with Crippen molar-refractivity contribution in [1.29, 1.82) is 0 Å². The lowest BCUT2D eigenvalue weighted by Gasteiger charge is -2.18. The summed E-state index contributed by atoms with van der Waals surface area (Å²) in [5.74, 6) is -0.0757. The lowest BCUT2D eigenvalue weighted by atomic mass is 10.1. The molecule has 0 saturated carbocycles. The van der Waals surface area contributed by atoms with Crippen LogP contribution in [0.15, 0.2) is 4.34 Å². The van der Waals surface area contributed by atoms with Crippen molar-refractivity contribution < 1.29 is 13.2 Å². The summed E-state index contributed by atoms with van der Waals surface area (Å²) in [6, 6.07) is 0. The number of aromatic nitrogens is 2. The maximum absolute atomic E-state index is 11.8. The number of methoxy groups -OCH3 is 1. The van der Waals surface area contributed by atoms with E-state index in [1.807, 2.05) is 20.8 Å². The Morgan fingerprint density at radius 2 is 2.00 bits per heavy atom. The van der Waals surface area contributed by atoms with Crippen LogP contribution in [-0.2, 0) is 14.6 Å². The molecule has 1 aromatic rings. The second-order valence-electron chi connectivity index (χ2n) is 4.56. The van der Waals surface area contributed by atoms with Crippen molar-refractivity contribution in [1.82, 2.24) is 10.2 Å². The molecule has 6 nitrogen and oxygen atoms in total. The first-order valence-electron chi connectivity index (χ1n) is 5.08. The Kier molecular flexibility index (Phi) is 4.45. The molecular formula is C9H17N3O3S2. The predicted molar refractivity (Wildman–Crippen MR) is 67.2 cm³/mol. The van der Waals surface area contributed by atoms with Gasteiger partial charge in [-0.05, 0) is 20.8 Å². The van der Waals surface area contributed by atoms with Crippen LogP contribution in [0, 0.1) is 0 Å². The third kappa shape index (κ3) is 4.57. The summed E-state index contributed by atoms with van der Waals surface area (Å²) in [7, 11) is -1.92. The lowest BCUT2D eigenvalue weighted by molar-refractivity contribution is 0.217. The van der Waals surface area contributed by atoms with E-state index in [4.69, 9.17) is 4.74 Å². The maximum atomic E-state index is 11.8.